The van der Waals surface area contributed by atoms with E-state index in [1.54, 1.807) is 12.1 Å². The number of rotatable bonds is 6. The Bertz CT molecular complexity index is 594. The van der Waals surface area contributed by atoms with E-state index in [-0.39, 0.29) is 10.9 Å². The van der Waals surface area contributed by atoms with Gasteiger partial charge in [0, 0.05) is 5.69 Å². The standard InChI is InChI=1S/C15H14F2N2O2S/c16-14(17)21-13-8-6-12(7-9-13)18-15(22)19-20-10-11-4-2-1-3-5-11/h1-9,14H,10H2,(H2,18,19,22). The second-order valence-electron chi connectivity index (χ2n) is 4.23. The van der Waals surface area contributed by atoms with Crippen LogP contribution in [0, 0.1) is 0 Å². The Hall–Kier alpha value is -2.25. The smallest absolute Gasteiger partial charge is 0.387 e. The number of hydrogen-bond acceptors (Lipinski definition) is 3. The van der Waals surface area contributed by atoms with E-state index in [0.717, 1.165) is 5.56 Å². The zero-order valence-electron chi connectivity index (χ0n) is 11.5. The van der Waals surface area contributed by atoms with Gasteiger partial charge < -0.3 is 10.1 Å². The van der Waals surface area contributed by atoms with Crippen molar-refractivity contribution >= 4 is 23.0 Å². The lowest BCUT2D eigenvalue weighted by atomic mass is 10.2. The third-order valence-corrected chi connectivity index (χ3v) is 2.77. The predicted molar refractivity (Wildman–Crippen MR) is 83.7 cm³/mol. The zero-order valence-corrected chi connectivity index (χ0v) is 12.3. The lowest BCUT2D eigenvalue weighted by Gasteiger charge is -2.11. The first-order valence-electron chi connectivity index (χ1n) is 6.41. The number of hydrogen-bond donors (Lipinski definition) is 2. The van der Waals surface area contributed by atoms with Gasteiger partial charge >= 0.3 is 6.61 Å². The molecule has 4 nitrogen and oxygen atoms in total. The van der Waals surface area contributed by atoms with Crippen LogP contribution < -0.4 is 15.5 Å². The van der Waals surface area contributed by atoms with Crippen molar-refractivity contribution in [3.8, 4) is 5.75 Å². The summed E-state index contributed by atoms with van der Waals surface area (Å²) in [5.41, 5.74) is 4.23. The Morgan fingerprint density at radius 2 is 1.73 bits per heavy atom. The molecule has 0 unspecified atom stereocenters. The molecule has 0 aromatic heterocycles. The van der Waals surface area contributed by atoms with Crippen molar-refractivity contribution in [3.63, 3.8) is 0 Å². The highest BCUT2D eigenvalue weighted by atomic mass is 32.1. The Labute approximate surface area is 132 Å². The number of halogens is 2. The maximum absolute atomic E-state index is 12.0. The SMILES string of the molecule is FC(F)Oc1ccc(NC(=S)NOCc2ccccc2)cc1. The van der Waals surface area contributed by atoms with Gasteiger partial charge in [-0.3, -0.25) is 4.84 Å². The second kappa shape index (κ2) is 8.26. The molecule has 2 aromatic carbocycles. The number of alkyl halides is 2. The quantitative estimate of drug-likeness (QED) is 0.626. The number of anilines is 1. The Morgan fingerprint density at radius 1 is 1.05 bits per heavy atom. The van der Waals surface area contributed by atoms with Gasteiger partial charge in [-0.05, 0) is 42.0 Å². The molecule has 0 amide bonds. The highest BCUT2D eigenvalue weighted by Gasteiger charge is 2.04. The summed E-state index contributed by atoms with van der Waals surface area (Å²) in [6, 6.07) is 15.6. The first kappa shape index (κ1) is 16.1. The molecule has 0 radical (unpaired) electrons. The number of benzene rings is 2. The van der Waals surface area contributed by atoms with Crippen LogP contribution in [-0.4, -0.2) is 11.7 Å². The van der Waals surface area contributed by atoms with Crippen molar-refractivity contribution < 1.29 is 18.4 Å². The molecule has 0 fully saturated rings. The van der Waals surface area contributed by atoms with Crippen LogP contribution in [-0.2, 0) is 11.4 Å². The van der Waals surface area contributed by atoms with Crippen LogP contribution in [0.4, 0.5) is 14.5 Å². The summed E-state index contributed by atoms with van der Waals surface area (Å²) in [6.07, 6.45) is 0. The van der Waals surface area contributed by atoms with Crippen LogP contribution in [0.2, 0.25) is 0 Å². The molecule has 7 heteroatoms. The number of hydroxylamine groups is 1. The van der Waals surface area contributed by atoms with Crippen molar-refractivity contribution in [2.75, 3.05) is 5.32 Å². The lowest BCUT2D eigenvalue weighted by molar-refractivity contribution is -0.0498. The summed E-state index contributed by atoms with van der Waals surface area (Å²) in [6.45, 7) is -2.47. The molecular formula is C15H14F2N2O2S. The molecule has 0 aliphatic carbocycles. The van der Waals surface area contributed by atoms with E-state index in [0.29, 0.717) is 12.3 Å². The van der Waals surface area contributed by atoms with E-state index in [1.165, 1.54) is 12.1 Å². The fourth-order valence-corrected chi connectivity index (χ4v) is 1.81. The molecule has 0 saturated heterocycles. The van der Waals surface area contributed by atoms with E-state index >= 15 is 0 Å². The summed E-state index contributed by atoms with van der Waals surface area (Å²) < 4.78 is 28.3. The van der Waals surface area contributed by atoms with Gasteiger partial charge in [-0.2, -0.15) is 8.78 Å². The second-order valence-corrected chi connectivity index (χ2v) is 4.64. The molecule has 2 N–H and O–H groups in total. The molecule has 0 aliphatic rings. The van der Waals surface area contributed by atoms with E-state index in [4.69, 9.17) is 17.1 Å². The van der Waals surface area contributed by atoms with Crippen molar-refractivity contribution in [3.05, 3.63) is 60.2 Å². The molecule has 116 valence electrons. The van der Waals surface area contributed by atoms with Crippen LogP contribution in [0.25, 0.3) is 0 Å². The molecule has 0 aliphatic heterocycles. The van der Waals surface area contributed by atoms with Gasteiger partial charge in [0.1, 0.15) is 5.75 Å². The van der Waals surface area contributed by atoms with Crippen LogP contribution in [0.3, 0.4) is 0 Å². The molecule has 2 rings (SSSR count). The highest BCUT2D eigenvalue weighted by Crippen LogP contribution is 2.17. The van der Waals surface area contributed by atoms with Crippen molar-refractivity contribution in [1.82, 2.24) is 5.48 Å². The molecule has 2 aromatic rings. The molecule has 0 heterocycles. The Balaban J connectivity index is 1.74. The summed E-state index contributed by atoms with van der Waals surface area (Å²) in [5, 5.41) is 3.12. The van der Waals surface area contributed by atoms with Gasteiger partial charge in [-0.1, -0.05) is 30.3 Å². The number of ether oxygens (including phenoxy) is 1. The van der Waals surface area contributed by atoms with E-state index < -0.39 is 6.61 Å². The van der Waals surface area contributed by atoms with E-state index in [9.17, 15) is 8.78 Å². The monoisotopic (exact) mass is 324 g/mol. The molecular weight excluding hydrogens is 310 g/mol. The van der Waals surface area contributed by atoms with Crippen LogP contribution in [0.5, 0.6) is 5.75 Å². The fraction of sp³-hybridized carbons (Fsp3) is 0.133. The third-order valence-electron chi connectivity index (χ3n) is 2.58. The van der Waals surface area contributed by atoms with Gasteiger partial charge in [0.2, 0.25) is 0 Å². The Morgan fingerprint density at radius 3 is 2.36 bits per heavy atom. The van der Waals surface area contributed by atoms with Crippen LogP contribution in [0.1, 0.15) is 5.56 Å². The first-order valence-corrected chi connectivity index (χ1v) is 6.82. The van der Waals surface area contributed by atoms with Gasteiger partial charge in [-0.25, -0.2) is 5.48 Å². The minimum absolute atomic E-state index is 0.0831. The maximum atomic E-state index is 12.0. The van der Waals surface area contributed by atoms with Crippen molar-refractivity contribution in [2.24, 2.45) is 0 Å². The maximum Gasteiger partial charge on any atom is 0.387 e. The highest BCUT2D eigenvalue weighted by molar-refractivity contribution is 7.80. The summed E-state index contributed by atoms with van der Waals surface area (Å²) >= 11 is 5.06. The summed E-state index contributed by atoms with van der Waals surface area (Å²) in [7, 11) is 0. The summed E-state index contributed by atoms with van der Waals surface area (Å²) in [5.74, 6) is 0.0831. The van der Waals surface area contributed by atoms with Crippen molar-refractivity contribution in [2.45, 2.75) is 13.2 Å². The summed E-state index contributed by atoms with van der Waals surface area (Å²) in [4.78, 5) is 5.25. The average molecular weight is 324 g/mol. The largest absolute Gasteiger partial charge is 0.435 e. The number of thiocarbonyl (C=S) groups is 1. The first-order chi connectivity index (χ1) is 10.6. The fourth-order valence-electron chi connectivity index (χ4n) is 1.64. The molecule has 0 spiro atoms. The topological polar surface area (TPSA) is 42.5 Å². The van der Waals surface area contributed by atoms with Gasteiger partial charge in [-0.15, -0.1) is 0 Å². The molecule has 0 atom stereocenters. The van der Waals surface area contributed by atoms with Gasteiger partial charge in [0.05, 0.1) is 6.61 Å². The van der Waals surface area contributed by atoms with Crippen molar-refractivity contribution in [1.29, 1.82) is 0 Å². The predicted octanol–water partition coefficient (Wildman–Crippen LogP) is 3.71. The van der Waals surface area contributed by atoms with Gasteiger partial charge in [0.15, 0.2) is 5.11 Å². The zero-order chi connectivity index (χ0) is 15.8. The van der Waals surface area contributed by atoms with E-state index in [2.05, 4.69) is 15.5 Å². The minimum Gasteiger partial charge on any atom is -0.435 e. The molecule has 22 heavy (non-hydrogen) atoms. The lowest BCUT2D eigenvalue weighted by Crippen LogP contribution is -2.28. The average Bonchev–Trinajstić information content (AvgIpc) is 2.50. The molecule has 0 bridgehead atoms. The van der Waals surface area contributed by atoms with Gasteiger partial charge in [0.25, 0.3) is 0 Å². The Kier molecular flexibility index (Phi) is 6.05. The molecule has 0 saturated carbocycles. The van der Waals surface area contributed by atoms with Crippen LogP contribution in [0.15, 0.2) is 54.6 Å². The van der Waals surface area contributed by atoms with E-state index in [1.807, 2.05) is 30.3 Å². The van der Waals surface area contributed by atoms with Crippen LogP contribution >= 0.6 is 12.2 Å². The number of nitrogens with one attached hydrogen (secondary N) is 2. The third kappa shape index (κ3) is 5.63. The minimum atomic E-state index is -2.84. The normalized spacial score (nSPS) is 10.3.